The zero-order chi connectivity index (χ0) is 27.0. The van der Waals surface area contributed by atoms with Crippen molar-refractivity contribution in [2.24, 2.45) is 5.92 Å². The third-order valence-electron chi connectivity index (χ3n) is 8.02. The highest BCUT2D eigenvalue weighted by Gasteiger charge is 2.30. The van der Waals surface area contributed by atoms with E-state index in [0.29, 0.717) is 31.2 Å². The van der Waals surface area contributed by atoms with Gasteiger partial charge in [-0.2, -0.15) is 0 Å². The molecular weight excluding hydrogens is 493 g/mol. The number of benzene rings is 3. The van der Waals surface area contributed by atoms with E-state index in [1.807, 2.05) is 53.4 Å². The average molecular weight is 532 g/mol. The molecule has 6 nitrogen and oxygen atoms in total. The Morgan fingerprint density at radius 3 is 2.33 bits per heavy atom. The number of amides is 1. The van der Waals surface area contributed by atoms with E-state index in [1.165, 1.54) is 12.1 Å². The van der Waals surface area contributed by atoms with Crippen molar-refractivity contribution in [1.82, 2.24) is 9.80 Å². The van der Waals surface area contributed by atoms with Gasteiger partial charge in [0.15, 0.2) is 0 Å². The molecule has 1 N–H and O–H groups in total. The largest absolute Gasteiger partial charge is 0.485 e. The first-order valence-electron chi connectivity index (χ1n) is 14.0. The van der Waals surface area contributed by atoms with Gasteiger partial charge in [0.25, 0.3) is 0 Å². The Labute approximate surface area is 230 Å². The van der Waals surface area contributed by atoms with E-state index >= 15 is 0 Å². The van der Waals surface area contributed by atoms with E-state index in [1.54, 1.807) is 6.07 Å². The molecule has 0 saturated carbocycles. The number of rotatable bonds is 9. The molecular formula is C32H38FN3O3. The highest BCUT2D eigenvalue weighted by molar-refractivity contribution is 5.76. The normalized spacial score (nSPS) is 17.7. The fraction of sp³-hybridized carbons (Fsp3) is 0.406. The van der Waals surface area contributed by atoms with Crippen LogP contribution in [0.5, 0.6) is 5.75 Å². The number of nitrogens with zero attached hydrogens (tertiary/aromatic N) is 3. The number of para-hydroxylation sites is 1. The van der Waals surface area contributed by atoms with Gasteiger partial charge in [-0.3, -0.25) is 4.79 Å². The molecule has 0 aromatic heterocycles. The van der Waals surface area contributed by atoms with Crippen molar-refractivity contribution in [3.8, 4) is 5.75 Å². The van der Waals surface area contributed by atoms with Crippen molar-refractivity contribution in [1.29, 1.82) is 0 Å². The van der Waals surface area contributed by atoms with Gasteiger partial charge >= 0.3 is 0 Å². The first-order valence-corrected chi connectivity index (χ1v) is 14.0. The molecule has 0 radical (unpaired) electrons. The number of ether oxygens (including phenoxy) is 1. The predicted molar refractivity (Wildman–Crippen MR) is 151 cm³/mol. The third-order valence-corrected chi connectivity index (χ3v) is 8.02. The van der Waals surface area contributed by atoms with E-state index in [9.17, 15) is 14.3 Å². The van der Waals surface area contributed by atoms with Crippen LogP contribution in [-0.4, -0.2) is 66.6 Å². The molecule has 3 aromatic carbocycles. The lowest BCUT2D eigenvalue weighted by Crippen LogP contribution is -2.49. The summed E-state index contributed by atoms with van der Waals surface area (Å²) in [5, 5.41) is 9.65. The predicted octanol–water partition coefficient (Wildman–Crippen LogP) is 4.89. The molecule has 2 aliphatic heterocycles. The topological polar surface area (TPSA) is 56.2 Å². The van der Waals surface area contributed by atoms with Gasteiger partial charge in [-0.1, -0.05) is 54.6 Å². The summed E-state index contributed by atoms with van der Waals surface area (Å²) in [6.45, 7) is 5.59. The van der Waals surface area contributed by atoms with Gasteiger partial charge in [0.2, 0.25) is 5.91 Å². The molecule has 1 amide bonds. The Kier molecular flexibility index (Phi) is 9.12. The lowest BCUT2D eigenvalue weighted by atomic mass is 9.87. The van der Waals surface area contributed by atoms with Gasteiger partial charge in [-0.05, 0) is 49.7 Å². The zero-order valence-corrected chi connectivity index (χ0v) is 22.4. The number of carbonyl (C=O) groups excluding carboxylic acids is 1. The van der Waals surface area contributed by atoms with Gasteiger partial charge in [0.05, 0.1) is 6.61 Å². The van der Waals surface area contributed by atoms with E-state index in [4.69, 9.17) is 4.74 Å². The van der Waals surface area contributed by atoms with Gasteiger partial charge in [0, 0.05) is 62.4 Å². The maximum absolute atomic E-state index is 13.8. The number of anilines is 1. The maximum Gasteiger partial charge on any atom is 0.223 e. The summed E-state index contributed by atoms with van der Waals surface area (Å²) < 4.78 is 20.1. The van der Waals surface area contributed by atoms with Crippen LogP contribution in [0.1, 0.15) is 36.5 Å². The molecule has 2 heterocycles. The molecule has 0 aliphatic carbocycles. The molecule has 0 spiro atoms. The van der Waals surface area contributed by atoms with Gasteiger partial charge in [-0.15, -0.1) is 0 Å². The molecule has 2 aliphatic rings. The van der Waals surface area contributed by atoms with E-state index in [-0.39, 0.29) is 24.4 Å². The molecule has 2 fully saturated rings. The Hall–Kier alpha value is -3.42. The summed E-state index contributed by atoms with van der Waals surface area (Å²) in [5.74, 6) is 0.785. The molecule has 206 valence electrons. The summed E-state index contributed by atoms with van der Waals surface area (Å²) in [4.78, 5) is 19.6. The number of halogens is 1. The van der Waals surface area contributed by atoms with Gasteiger partial charge < -0.3 is 24.5 Å². The lowest BCUT2D eigenvalue weighted by Gasteiger charge is -2.38. The van der Waals surface area contributed by atoms with Crippen LogP contribution in [0, 0.1) is 11.7 Å². The van der Waals surface area contributed by atoms with Crippen LogP contribution in [-0.2, 0) is 11.4 Å². The fourth-order valence-corrected chi connectivity index (χ4v) is 5.81. The Morgan fingerprint density at radius 1 is 0.897 bits per heavy atom. The Bertz CT molecular complexity index is 1210. The van der Waals surface area contributed by atoms with Gasteiger partial charge in [-0.25, -0.2) is 4.39 Å². The fourth-order valence-electron chi connectivity index (χ4n) is 5.81. The second-order valence-corrected chi connectivity index (χ2v) is 10.5. The van der Waals surface area contributed by atoms with Crippen molar-refractivity contribution in [2.75, 3.05) is 50.7 Å². The van der Waals surface area contributed by atoms with E-state index in [2.05, 4.69) is 21.9 Å². The average Bonchev–Trinajstić information content (AvgIpc) is 2.99. The van der Waals surface area contributed by atoms with Crippen LogP contribution in [0.4, 0.5) is 10.1 Å². The first kappa shape index (κ1) is 27.2. The molecule has 5 rings (SSSR count). The summed E-state index contributed by atoms with van der Waals surface area (Å²) in [5.41, 5.74) is 3.10. The summed E-state index contributed by atoms with van der Waals surface area (Å²) in [7, 11) is 0. The smallest absolute Gasteiger partial charge is 0.223 e. The van der Waals surface area contributed by atoms with E-state index in [0.717, 1.165) is 62.4 Å². The zero-order valence-electron chi connectivity index (χ0n) is 22.4. The first-order chi connectivity index (χ1) is 19.1. The van der Waals surface area contributed by atoms with Crippen LogP contribution in [0.3, 0.4) is 0 Å². The van der Waals surface area contributed by atoms with Crippen LogP contribution in [0.2, 0.25) is 0 Å². The van der Waals surface area contributed by atoms with Gasteiger partial charge in [0.1, 0.15) is 17.7 Å². The van der Waals surface area contributed by atoms with Crippen molar-refractivity contribution in [2.45, 2.75) is 32.0 Å². The minimum Gasteiger partial charge on any atom is -0.485 e. The summed E-state index contributed by atoms with van der Waals surface area (Å²) in [6.07, 6.45) is 2.32. The molecule has 1 unspecified atom stereocenters. The van der Waals surface area contributed by atoms with Crippen LogP contribution < -0.4 is 9.64 Å². The highest BCUT2D eigenvalue weighted by Crippen LogP contribution is 2.35. The third kappa shape index (κ3) is 6.97. The molecule has 7 heteroatoms. The van der Waals surface area contributed by atoms with Crippen LogP contribution >= 0.6 is 0 Å². The summed E-state index contributed by atoms with van der Waals surface area (Å²) >= 11 is 0. The molecule has 2 saturated heterocycles. The number of hydrogen-bond donors (Lipinski definition) is 1. The lowest BCUT2D eigenvalue weighted by molar-refractivity contribution is -0.131. The Balaban J connectivity index is 1.10. The highest BCUT2D eigenvalue weighted by atomic mass is 19.1. The van der Waals surface area contributed by atoms with E-state index < -0.39 is 0 Å². The minimum atomic E-state index is -0.296. The SMILES string of the molecule is O=C(CCN1CCC(C(Oc2cccc(F)c2)c2ccccc2)CC1)N1CCN(c2ccccc2CO)CC1. The van der Waals surface area contributed by atoms with Crippen LogP contribution in [0.25, 0.3) is 0 Å². The number of piperazine rings is 1. The second-order valence-electron chi connectivity index (χ2n) is 10.5. The molecule has 39 heavy (non-hydrogen) atoms. The second kappa shape index (κ2) is 13.1. The van der Waals surface area contributed by atoms with Crippen molar-refractivity contribution >= 4 is 11.6 Å². The van der Waals surface area contributed by atoms with Crippen molar-refractivity contribution in [3.63, 3.8) is 0 Å². The molecule has 1 atom stereocenters. The number of aliphatic hydroxyl groups is 1. The quantitative estimate of drug-likeness (QED) is 0.426. The number of likely N-dealkylation sites (tertiary alicyclic amines) is 1. The van der Waals surface area contributed by atoms with Crippen molar-refractivity contribution in [3.05, 3.63) is 95.8 Å². The number of carbonyl (C=O) groups is 1. The minimum absolute atomic E-state index is 0.0229. The van der Waals surface area contributed by atoms with Crippen molar-refractivity contribution < 1.29 is 19.0 Å². The number of aliphatic hydroxyl groups excluding tert-OH is 1. The standard InChI is InChI=1S/C32H38FN3O3/c33-28-10-6-11-29(23-28)39-32(25-7-2-1-3-8-25)26-13-16-34(17-14-26)18-15-31(38)36-21-19-35(20-22-36)30-12-5-4-9-27(30)24-37/h1-12,23,26,32,37H,13-22,24H2. The number of piperidine rings is 1. The van der Waals surface area contributed by atoms with Crippen LogP contribution in [0.15, 0.2) is 78.9 Å². The number of hydrogen-bond acceptors (Lipinski definition) is 5. The summed E-state index contributed by atoms with van der Waals surface area (Å²) in [6, 6.07) is 24.5. The monoisotopic (exact) mass is 531 g/mol. The molecule has 3 aromatic rings. The Morgan fingerprint density at radius 2 is 1.62 bits per heavy atom. The molecule has 0 bridgehead atoms. The maximum atomic E-state index is 13.8.